The Morgan fingerprint density at radius 3 is 2.41 bits per heavy atom. The molecule has 27 heavy (non-hydrogen) atoms. The van der Waals surface area contributed by atoms with Crippen molar-refractivity contribution in [1.29, 1.82) is 0 Å². The Morgan fingerprint density at radius 1 is 1.00 bits per heavy atom. The highest BCUT2D eigenvalue weighted by Gasteiger charge is 2.17. The lowest BCUT2D eigenvalue weighted by Crippen LogP contribution is -2.35. The molecular weight excluding hydrogens is 344 g/mol. The fourth-order valence-electron chi connectivity index (χ4n) is 3.22. The van der Waals surface area contributed by atoms with E-state index in [1.54, 1.807) is 36.4 Å². The largest absolute Gasteiger partial charge is 0.465 e. The summed E-state index contributed by atoms with van der Waals surface area (Å²) in [6.07, 6.45) is 6.81. The smallest absolute Gasteiger partial charge is 0.339 e. The van der Waals surface area contributed by atoms with Crippen LogP contribution in [0.3, 0.4) is 0 Å². The molecule has 1 saturated carbocycles. The van der Waals surface area contributed by atoms with E-state index in [4.69, 9.17) is 4.74 Å². The number of amides is 1. The van der Waals surface area contributed by atoms with Gasteiger partial charge < -0.3 is 15.4 Å². The van der Waals surface area contributed by atoms with E-state index in [-0.39, 0.29) is 17.6 Å². The Labute approximate surface area is 158 Å². The standard InChI is InChI=1S/C20H24N4O3/c1-27-20(26)15-10-6-7-11-16(15)22-18-13-12-17(23-24-18)19(25)21-14-8-4-2-3-5-9-14/h6-7,10-14H,2-5,8-9H2,1H3,(H,21,25)(H,22,24). The average Bonchev–Trinajstić information content (AvgIpc) is 2.97. The van der Waals surface area contributed by atoms with E-state index in [0.29, 0.717) is 17.1 Å². The van der Waals surface area contributed by atoms with Crippen LogP contribution >= 0.6 is 0 Å². The lowest BCUT2D eigenvalue weighted by Gasteiger charge is -2.15. The Bertz CT molecular complexity index is 784. The van der Waals surface area contributed by atoms with Gasteiger partial charge in [0, 0.05) is 6.04 Å². The molecule has 0 unspecified atom stereocenters. The second-order valence-corrected chi connectivity index (χ2v) is 6.63. The number of aromatic nitrogens is 2. The van der Waals surface area contributed by atoms with Crippen LogP contribution in [0.4, 0.5) is 11.5 Å². The molecule has 142 valence electrons. The fraction of sp³-hybridized carbons (Fsp3) is 0.400. The molecule has 1 aromatic carbocycles. The van der Waals surface area contributed by atoms with E-state index in [9.17, 15) is 9.59 Å². The lowest BCUT2D eigenvalue weighted by molar-refractivity contribution is 0.0601. The molecule has 2 N–H and O–H groups in total. The van der Waals surface area contributed by atoms with Gasteiger partial charge in [-0.25, -0.2) is 4.79 Å². The summed E-state index contributed by atoms with van der Waals surface area (Å²) in [7, 11) is 1.33. The van der Waals surface area contributed by atoms with E-state index >= 15 is 0 Å². The zero-order valence-corrected chi connectivity index (χ0v) is 15.4. The average molecular weight is 368 g/mol. The van der Waals surface area contributed by atoms with Crippen molar-refractivity contribution in [3.05, 3.63) is 47.7 Å². The van der Waals surface area contributed by atoms with Crippen molar-refractivity contribution in [2.45, 2.75) is 44.6 Å². The number of benzene rings is 1. The third-order valence-electron chi connectivity index (χ3n) is 4.68. The lowest BCUT2D eigenvalue weighted by atomic mass is 10.1. The Balaban J connectivity index is 1.65. The number of hydrogen-bond acceptors (Lipinski definition) is 6. The number of anilines is 2. The third kappa shape index (κ3) is 5.03. The maximum absolute atomic E-state index is 12.4. The molecule has 1 heterocycles. The number of carbonyl (C=O) groups is 2. The molecule has 1 fully saturated rings. The van der Waals surface area contributed by atoms with Crippen molar-refractivity contribution in [1.82, 2.24) is 15.5 Å². The molecule has 0 radical (unpaired) electrons. The molecule has 1 aliphatic carbocycles. The SMILES string of the molecule is COC(=O)c1ccccc1Nc1ccc(C(=O)NC2CCCCCC2)nn1. The Hall–Kier alpha value is -2.96. The van der Waals surface area contributed by atoms with Crippen molar-refractivity contribution >= 4 is 23.4 Å². The third-order valence-corrected chi connectivity index (χ3v) is 4.68. The number of nitrogens with one attached hydrogen (secondary N) is 2. The summed E-state index contributed by atoms with van der Waals surface area (Å²) in [5, 5.41) is 14.2. The molecule has 0 bridgehead atoms. The molecule has 1 aromatic heterocycles. The molecule has 7 heteroatoms. The fourth-order valence-corrected chi connectivity index (χ4v) is 3.22. The van der Waals surface area contributed by atoms with Crippen molar-refractivity contribution in [2.75, 3.05) is 12.4 Å². The van der Waals surface area contributed by atoms with Crippen LogP contribution in [-0.2, 0) is 4.74 Å². The number of carbonyl (C=O) groups excluding carboxylic acids is 2. The predicted molar refractivity (Wildman–Crippen MR) is 102 cm³/mol. The molecule has 7 nitrogen and oxygen atoms in total. The van der Waals surface area contributed by atoms with Gasteiger partial charge in [0.2, 0.25) is 0 Å². The molecular formula is C20H24N4O3. The van der Waals surface area contributed by atoms with Gasteiger partial charge in [0.1, 0.15) is 0 Å². The van der Waals surface area contributed by atoms with Gasteiger partial charge in [0.15, 0.2) is 11.5 Å². The van der Waals surface area contributed by atoms with Crippen molar-refractivity contribution in [3.63, 3.8) is 0 Å². The molecule has 0 atom stereocenters. The number of para-hydroxylation sites is 1. The predicted octanol–water partition coefficient (Wildman–Crippen LogP) is 3.46. The molecule has 0 aliphatic heterocycles. The second kappa shape index (κ2) is 9.12. The molecule has 1 amide bonds. The molecule has 3 rings (SSSR count). The van der Waals surface area contributed by atoms with Crippen LogP contribution in [0.1, 0.15) is 59.4 Å². The van der Waals surface area contributed by atoms with Gasteiger partial charge in [0.25, 0.3) is 5.91 Å². The number of esters is 1. The number of hydrogen-bond donors (Lipinski definition) is 2. The van der Waals surface area contributed by atoms with Gasteiger partial charge in [-0.05, 0) is 37.1 Å². The molecule has 1 aliphatic rings. The summed E-state index contributed by atoms with van der Waals surface area (Å²) in [6.45, 7) is 0. The zero-order valence-electron chi connectivity index (χ0n) is 15.4. The van der Waals surface area contributed by atoms with Crippen LogP contribution in [0.25, 0.3) is 0 Å². The first-order chi connectivity index (χ1) is 13.2. The minimum atomic E-state index is -0.439. The first kappa shape index (κ1) is 18.8. The zero-order chi connectivity index (χ0) is 19.1. The van der Waals surface area contributed by atoms with Crippen molar-refractivity contribution in [2.24, 2.45) is 0 Å². The topological polar surface area (TPSA) is 93.2 Å². The minimum absolute atomic E-state index is 0.198. The highest BCUT2D eigenvalue weighted by atomic mass is 16.5. The first-order valence-corrected chi connectivity index (χ1v) is 9.26. The van der Waals surface area contributed by atoms with E-state index in [0.717, 1.165) is 25.7 Å². The maximum Gasteiger partial charge on any atom is 0.339 e. The first-order valence-electron chi connectivity index (χ1n) is 9.26. The summed E-state index contributed by atoms with van der Waals surface area (Å²) in [4.78, 5) is 24.2. The van der Waals surface area contributed by atoms with Crippen LogP contribution in [0.5, 0.6) is 0 Å². The van der Waals surface area contributed by atoms with E-state index < -0.39 is 5.97 Å². The van der Waals surface area contributed by atoms with Crippen molar-refractivity contribution < 1.29 is 14.3 Å². The van der Waals surface area contributed by atoms with Gasteiger partial charge in [-0.1, -0.05) is 37.8 Å². The van der Waals surface area contributed by atoms with E-state index in [1.165, 1.54) is 20.0 Å². The summed E-state index contributed by atoms with van der Waals surface area (Å²) >= 11 is 0. The van der Waals surface area contributed by atoms with E-state index in [2.05, 4.69) is 20.8 Å². The van der Waals surface area contributed by atoms with Crippen LogP contribution in [-0.4, -0.2) is 35.2 Å². The van der Waals surface area contributed by atoms with Gasteiger partial charge in [-0.3, -0.25) is 4.79 Å². The van der Waals surface area contributed by atoms with Crippen molar-refractivity contribution in [3.8, 4) is 0 Å². The quantitative estimate of drug-likeness (QED) is 0.620. The highest BCUT2D eigenvalue weighted by molar-refractivity contribution is 5.96. The number of nitrogens with zero attached hydrogens (tertiary/aromatic N) is 2. The number of rotatable bonds is 5. The highest BCUT2D eigenvalue weighted by Crippen LogP contribution is 2.20. The number of methoxy groups -OCH3 is 1. The van der Waals surface area contributed by atoms with Crippen LogP contribution in [0.15, 0.2) is 36.4 Å². The van der Waals surface area contributed by atoms with Crippen LogP contribution in [0, 0.1) is 0 Å². The Morgan fingerprint density at radius 2 is 1.74 bits per heavy atom. The Kier molecular flexibility index (Phi) is 6.35. The molecule has 0 saturated heterocycles. The molecule has 2 aromatic rings. The van der Waals surface area contributed by atoms with Gasteiger partial charge >= 0.3 is 5.97 Å². The van der Waals surface area contributed by atoms with Gasteiger partial charge in [0.05, 0.1) is 18.4 Å². The van der Waals surface area contributed by atoms with Gasteiger partial charge in [-0.2, -0.15) is 0 Å². The van der Waals surface area contributed by atoms with Crippen LogP contribution in [0.2, 0.25) is 0 Å². The van der Waals surface area contributed by atoms with Crippen LogP contribution < -0.4 is 10.6 Å². The second-order valence-electron chi connectivity index (χ2n) is 6.63. The van der Waals surface area contributed by atoms with E-state index in [1.807, 2.05) is 0 Å². The summed E-state index contributed by atoms with van der Waals surface area (Å²) in [5.41, 5.74) is 1.25. The summed E-state index contributed by atoms with van der Waals surface area (Å²) in [6, 6.07) is 10.5. The molecule has 0 spiro atoms. The maximum atomic E-state index is 12.4. The normalized spacial score (nSPS) is 14.9. The summed E-state index contributed by atoms with van der Waals surface area (Å²) < 4.78 is 4.78. The monoisotopic (exact) mass is 368 g/mol. The number of ether oxygens (including phenoxy) is 1. The minimum Gasteiger partial charge on any atom is -0.465 e. The summed E-state index contributed by atoms with van der Waals surface area (Å²) in [5.74, 6) is -0.196. The van der Waals surface area contributed by atoms with Gasteiger partial charge in [-0.15, -0.1) is 10.2 Å².